The number of rotatable bonds is 8. The number of ether oxygens (including phenoxy) is 3. The molecule has 0 aliphatic heterocycles. The number of halogens is 1. The average Bonchev–Trinajstić information content (AvgIpc) is 2.64. The summed E-state index contributed by atoms with van der Waals surface area (Å²) in [5.74, 6) is 1.68. The summed E-state index contributed by atoms with van der Waals surface area (Å²) >= 11 is 3.45. The first-order valence-corrected chi connectivity index (χ1v) is 8.75. The summed E-state index contributed by atoms with van der Waals surface area (Å²) < 4.78 is 17.1. The third kappa shape index (κ3) is 5.10. The van der Waals surface area contributed by atoms with Gasteiger partial charge in [-0.05, 0) is 55.0 Å². The monoisotopic (exact) mass is 404 g/mol. The predicted molar refractivity (Wildman–Crippen MR) is 103 cm³/mol. The van der Waals surface area contributed by atoms with E-state index in [1.54, 1.807) is 31.4 Å². The second kappa shape index (κ2) is 9.28. The molecule has 0 saturated heterocycles. The Morgan fingerprint density at radius 3 is 2.52 bits per heavy atom. The van der Waals surface area contributed by atoms with Crippen molar-refractivity contribution in [1.82, 2.24) is 0 Å². The highest BCUT2D eigenvalue weighted by Crippen LogP contribution is 2.27. The fraction of sp³-hybridized carbons (Fsp3) is 0.250. The summed E-state index contributed by atoms with van der Waals surface area (Å²) in [7, 11) is 3.10. The topological polar surface area (TPSA) is 44.8 Å². The molecular formula is C20H21BrO4. The predicted octanol–water partition coefficient (Wildman–Crippen LogP) is 5.15. The van der Waals surface area contributed by atoms with Gasteiger partial charge in [-0.1, -0.05) is 22.9 Å². The highest BCUT2D eigenvalue weighted by Gasteiger charge is 2.11. The molecule has 0 amide bonds. The van der Waals surface area contributed by atoms with Gasteiger partial charge in [0.05, 0.1) is 26.4 Å². The minimum Gasteiger partial charge on any atom is -0.497 e. The number of carbonyl (C=O) groups is 1. The van der Waals surface area contributed by atoms with Crippen LogP contribution in [-0.4, -0.2) is 26.6 Å². The van der Waals surface area contributed by atoms with Crippen LogP contribution in [0.5, 0.6) is 17.2 Å². The fourth-order valence-corrected chi connectivity index (χ4v) is 2.63. The lowest BCUT2D eigenvalue weighted by atomic mass is 10.1. The lowest BCUT2D eigenvalue weighted by Crippen LogP contribution is -2.00. The molecule has 0 unspecified atom stereocenters. The standard InChI is InChI=1S/C20H21BrO4/c1-4-11-25-19-9-6-15(21)12-14(19)5-8-18(22)17-13-16(23-2)7-10-20(17)24-3/h5-10,12-13H,4,11H2,1-3H3/b8-5+. The maximum Gasteiger partial charge on any atom is 0.189 e. The van der Waals surface area contributed by atoms with E-state index in [2.05, 4.69) is 15.9 Å². The van der Waals surface area contributed by atoms with Gasteiger partial charge in [-0.15, -0.1) is 0 Å². The van der Waals surface area contributed by atoms with Crippen LogP contribution in [0.4, 0.5) is 0 Å². The van der Waals surface area contributed by atoms with E-state index in [1.165, 1.54) is 13.2 Å². The largest absolute Gasteiger partial charge is 0.497 e. The maximum absolute atomic E-state index is 12.6. The van der Waals surface area contributed by atoms with Gasteiger partial charge in [0.2, 0.25) is 0 Å². The zero-order valence-electron chi connectivity index (χ0n) is 14.5. The molecule has 0 saturated carbocycles. The van der Waals surface area contributed by atoms with Gasteiger partial charge in [-0.25, -0.2) is 0 Å². The number of methoxy groups -OCH3 is 2. The quantitative estimate of drug-likeness (QED) is 0.450. The summed E-state index contributed by atoms with van der Waals surface area (Å²) in [4.78, 5) is 12.6. The molecule has 0 spiro atoms. The Balaban J connectivity index is 2.30. The zero-order chi connectivity index (χ0) is 18.2. The van der Waals surface area contributed by atoms with Gasteiger partial charge in [0, 0.05) is 10.0 Å². The SMILES string of the molecule is CCCOc1ccc(Br)cc1/C=C/C(=O)c1cc(OC)ccc1OC. The highest BCUT2D eigenvalue weighted by molar-refractivity contribution is 9.10. The molecule has 132 valence electrons. The molecule has 25 heavy (non-hydrogen) atoms. The molecule has 0 fully saturated rings. The van der Waals surface area contributed by atoms with E-state index in [-0.39, 0.29) is 5.78 Å². The first-order valence-electron chi connectivity index (χ1n) is 7.95. The Morgan fingerprint density at radius 1 is 1.08 bits per heavy atom. The minimum atomic E-state index is -0.169. The summed E-state index contributed by atoms with van der Waals surface area (Å²) in [6.07, 6.45) is 4.17. The average molecular weight is 405 g/mol. The van der Waals surface area contributed by atoms with Gasteiger partial charge in [0.1, 0.15) is 17.2 Å². The van der Waals surface area contributed by atoms with Crippen LogP contribution in [0.1, 0.15) is 29.3 Å². The van der Waals surface area contributed by atoms with Crippen LogP contribution in [0.3, 0.4) is 0 Å². The van der Waals surface area contributed by atoms with Gasteiger partial charge < -0.3 is 14.2 Å². The molecule has 5 heteroatoms. The van der Waals surface area contributed by atoms with Gasteiger partial charge in [0.25, 0.3) is 0 Å². The molecule has 0 N–H and O–H groups in total. The van der Waals surface area contributed by atoms with Crippen molar-refractivity contribution in [2.45, 2.75) is 13.3 Å². The van der Waals surface area contributed by atoms with Crippen LogP contribution in [0.15, 0.2) is 46.9 Å². The Kier molecular flexibility index (Phi) is 7.07. The van der Waals surface area contributed by atoms with Gasteiger partial charge in [-0.2, -0.15) is 0 Å². The lowest BCUT2D eigenvalue weighted by molar-refractivity contribution is 0.104. The van der Waals surface area contributed by atoms with Crippen molar-refractivity contribution in [3.8, 4) is 17.2 Å². The third-order valence-electron chi connectivity index (χ3n) is 3.52. The van der Waals surface area contributed by atoms with Crippen LogP contribution in [-0.2, 0) is 0 Å². The first-order chi connectivity index (χ1) is 12.1. The Bertz CT molecular complexity index is 768. The number of allylic oxidation sites excluding steroid dienone is 1. The molecule has 2 aromatic rings. The van der Waals surface area contributed by atoms with Crippen LogP contribution >= 0.6 is 15.9 Å². The number of hydrogen-bond donors (Lipinski definition) is 0. The Labute approximate surface area is 156 Å². The third-order valence-corrected chi connectivity index (χ3v) is 4.01. The van der Waals surface area contributed by atoms with E-state index in [0.29, 0.717) is 23.7 Å². The second-order valence-corrected chi connectivity index (χ2v) is 6.21. The number of ketones is 1. The van der Waals surface area contributed by atoms with Crippen LogP contribution < -0.4 is 14.2 Å². The van der Waals surface area contributed by atoms with E-state index < -0.39 is 0 Å². The molecule has 0 atom stereocenters. The normalized spacial score (nSPS) is 10.7. The van der Waals surface area contributed by atoms with Gasteiger partial charge in [-0.3, -0.25) is 4.79 Å². The van der Waals surface area contributed by atoms with Crippen molar-refractivity contribution in [3.05, 3.63) is 58.1 Å². The summed E-state index contributed by atoms with van der Waals surface area (Å²) in [5, 5.41) is 0. The fourth-order valence-electron chi connectivity index (χ4n) is 2.25. The lowest BCUT2D eigenvalue weighted by Gasteiger charge is -2.09. The number of carbonyl (C=O) groups excluding carboxylic acids is 1. The smallest absolute Gasteiger partial charge is 0.189 e. The van der Waals surface area contributed by atoms with Crippen molar-refractivity contribution in [3.63, 3.8) is 0 Å². The molecule has 0 bridgehead atoms. The van der Waals surface area contributed by atoms with Crippen molar-refractivity contribution >= 4 is 27.8 Å². The molecule has 0 radical (unpaired) electrons. The highest BCUT2D eigenvalue weighted by atomic mass is 79.9. The van der Waals surface area contributed by atoms with Crippen molar-refractivity contribution in [1.29, 1.82) is 0 Å². The van der Waals surface area contributed by atoms with Gasteiger partial charge >= 0.3 is 0 Å². The van der Waals surface area contributed by atoms with E-state index in [1.807, 2.05) is 25.1 Å². The maximum atomic E-state index is 12.6. The van der Waals surface area contributed by atoms with E-state index in [4.69, 9.17) is 14.2 Å². The van der Waals surface area contributed by atoms with Crippen LogP contribution in [0.2, 0.25) is 0 Å². The van der Waals surface area contributed by atoms with E-state index in [9.17, 15) is 4.79 Å². The minimum absolute atomic E-state index is 0.169. The summed E-state index contributed by atoms with van der Waals surface area (Å²) in [6.45, 7) is 2.67. The first kappa shape index (κ1) is 19.1. The Morgan fingerprint density at radius 2 is 1.84 bits per heavy atom. The van der Waals surface area contributed by atoms with Gasteiger partial charge in [0.15, 0.2) is 5.78 Å². The number of hydrogen-bond acceptors (Lipinski definition) is 4. The second-order valence-electron chi connectivity index (χ2n) is 5.29. The van der Waals surface area contributed by atoms with Crippen molar-refractivity contribution < 1.29 is 19.0 Å². The summed E-state index contributed by atoms with van der Waals surface area (Å²) in [6, 6.07) is 10.9. The molecule has 0 aliphatic rings. The number of benzene rings is 2. The molecule has 0 heterocycles. The molecule has 0 aliphatic carbocycles. The van der Waals surface area contributed by atoms with Crippen molar-refractivity contribution in [2.75, 3.05) is 20.8 Å². The molecule has 4 nitrogen and oxygen atoms in total. The van der Waals surface area contributed by atoms with Crippen LogP contribution in [0, 0.1) is 0 Å². The van der Waals surface area contributed by atoms with E-state index >= 15 is 0 Å². The van der Waals surface area contributed by atoms with E-state index in [0.717, 1.165) is 22.2 Å². The Hall–Kier alpha value is -2.27. The van der Waals surface area contributed by atoms with Crippen molar-refractivity contribution in [2.24, 2.45) is 0 Å². The molecule has 2 aromatic carbocycles. The molecule has 2 rings (SSSR count). The zero-order valence-corrected chi connectivity index (χ0v) is 16.1. The molecular weight excluding hydrogens is 384 g/mol. The summed E-state index contributed by atoms with van der Waals surface area (Å²) in [5.41, 5.74) is 1.28. The van der Waals surface area contributed by atoms with Crippen LogP contribution in [0.25, 0.3) is 6.08 Å². The molecule has 0 aromatic heterocycles.